The normalized spacial score (nSPS) is 14.0. The molecule has 1 aromatic heterocycles. The summed E-state index contributed by atoms with van der Waals surface area (Å²) in [5.41, 5.74) is 5.65. The van der Waals surface area contributed by atoms with E-state index < -0.39 is 0 Å². The van der Waals surface area contributed by atoms with Crippen LogP contribution in [0.1, 0.15) is 13.8 Å². The maximum atomic E-state index is 5.65. The third-order valence-electron chi connectivity index (χ3n) is 1.65. The van der Waals surface area contributed by atoms with Crippen molar-refractivity contribution in [3.05, 3.63) is 22.7 Å². The molecule has 58 valence electrons. The van der Waals surface area contributed by atoms with Gasteiger partial charge < -0.3 is 5.73 Å². The highest BCUT2D eigenvalue weighted by Gasteiger charge is 1.88. The molecule has 2 heteroatoms. The lowest BCUT2D eigenvalue weighted by atomic mass is 10.2. The van der Waals surface area contributed by atoms with Crippen LogP contribution in [0, 0.1) is 0 Å². The molecule has 0 aliphatic rings. The summed E-state index contributed by atoms with van der Waals surface area (Å²) in [6, 6.07) is 1.95. The van der Waals surface area contributed by atoms with Gasteiger partial charge in [0.05, 0.1) is 0 Å². The van der Waals surface area contributed by atoms with Crippen LogP contribution in [0.3, 0.4) is 0 Å². The maximum Gasteiger partial charge on any atom is 0.130 e. The van der Waals surface area contributed by atoms with Crippen LogP contribution in [0.5, 0.6) is 0 Å². The van der Waals surface area contributed by atoms with E-state index in [1.165, 1.54) is 0 Å². The van der Waals surface area contributed by atoms with Gasteiger partial charge in [-0.25, -0.2) is 4.98 Å². The highest BCUT2D eigenvalue weighted by Crippen LogP contribution is 1.78. The Hall–Kier alpha value is -1.31. The molecule has 0 saturated heterocycles. The summed E-state index contributed by atoms with van der Waals surface area (Å²) in [5, 5.41) is 2.16. The van der Waals surface area contributed by atoms with Gasteiger partial charge in [-0.05, 0) is 25.1 Å². The Balaban J connectivity index is 3.65. The second-order valence-corrected chi connectivity index (χ2v) is 2.28. The minimum atomic E-state index is 0.600. The van der Waals surface area contributed by atoms with Gasteiger partial charge in [0.2, 0.25) is 0 Å². The number of nitrogen functional groups attached to an aromatic ring is 1. The summed E-state index contributed by atoms with van der Waals surface area (Å²) >= 11 is 0. The summed E-state index contributed by atoms with van der Waals surface area (Å²) in [5.74, 6) is 0.600. The molecule has 0 aliphatic carbocycles. The summed E-state index contributed by atoms with van der Waals surface area (Å²) < 4.78 is 0. The van der Waals surface area contributed by atoms with Crippen molar-refractivity contribution in [1.82, 2.24) is 4.98 Å². The van der Waals surface area contributed by atoms with Crippen LogP contribution in [0.4, 0.5) is 5.82 Å². The highest BCUT2D eigenvalue weighted by molar-refractivity contribution is 5.40. The molecule has 0 radical (unpaired) electrons. The molecule has 0 atom stereocenters. The van der Waals surface area contributed by atoms with Crippen molar-refractivity contribution in [2.24, 2.45) is 0 Å². The molecule has 1 heterocycles. The Labute approximate surface area is 66.1 Å². The zero-order valence-electron chi connectivity index (χ0n) is 6.83. The Morgan fingerprint density at radius 2 is 2.09 bits per heavy atom. The zero-order valence-corrected chi connectivity index (χ0v) is 6.83. The van der Waals surface area contributed by atoms with Crippen molar-refractivity contribution in [3.8, 4) is 0 Å². The molecule has 1 aromatic rings. The van der Waals surface area contributed by atoms with E-state index in [4.69, 9.17) is 5.73 Å². The smallest absolute Gasteiger partial charge is 0.130 e. The lowest BCUT2D eigenvalue weighted by molar-refractivity contribution is 1.28. The van der Waals surface area contributed by atoms with Crippen molar-refractivity contribution in [2.45, 2.75) is 13.8 Å². The first-order valence-electron chi connectivity index (χ1n) is 3.62. The molecule has 2 nitrogen and oxygen atoms in total. The summed E-state index contributed by atoms with van der Waals surface area (Å²) in [4.78, 5) is 3.99. The van der Waals surface area contributed by atoms with Crippen LogP contribution >= 0.6 is 0 Å². The molecule has 0 spiro atoms. The molecule has 0 fully saturated rings. The quantitative estimate of drug-likeness (QED) is 0.573. The highest BCUT2D eigenvalue weighted by atomic mass is 14.8. The van der Waals surface area contributed by atoms with Gasteiger partial charge >= 0.3 is 0 Å². The molecule has 0 aromatic carbocycles. The van der Waals surface area contributed by atoms with E-state index in [1.54, 1.807) is 6.20 Å². The lowest BCUT2D eigenvalue weighted by Crippen LogP contribution is -2.27. The van der Waals surface area contributed by atoms with E-state index in [9.17, 15) is 0 Å². The molecule has 0 unspecified atom stereocenters. The molecule has 0 amide bonds. The molecular weight excluding hydrogens is 136 g/mol. The average Bonchev–Trinajstić information content (AvgIpc) is 2.04. The van der Waals surface area contributed by atoms with Crippen LogP contribution in [0.2, 0.25) is 0 Å². The first-order chi connectivity index (χ1) is 5.29. The van der Waals surface area contributed by atoms with E-state index in [-0.39, 0.29) is 0 Å². The van der Waals surface area contributed by atoms with Gasteiger partial charge in [-0.2, -0.15) is 0 Å². The van der Waals surface area contributed by atoms with Gasteiger partial charge in [-0.15, -0.1) is 0 Å². The fourth-order valence-corrected chi connectivity index (χ4v) is 1.07. The third kappa shape index (κ3) is 1.40. The van der Waals surface area contributed by atoms with E-state index in [1.807, 2.05) is 32.1 Å². The van der Waals surface area contributed by atoms with Gasteiger partial charge in [-0.3, -0.25) is 0 Å². The standard InChI is InChI=1S/C9H12N2/c1-3-7-5-6-11-9(10)8(7)4-2/h3-6H,1-2H3,(H2,10,11). The number of nitrogens with zero attached hydrogens (tertiary/aromatic N) is 1. The second kappa shape index (κ2) is 3.19. The number of pyridine rings is 1. The third-order valence-corrected chi connectivity index (χ3v) is 1.65. The number of aromatic nitrogens is 1. The summed E-state index contributed by atoms with van der Waals surface area (Å²) in [7, 11) is 0. The molecule has 11 heavy (non-hydrogen) atoms. The number of hydrogen-bond acceptors (Lipinski definition) is 2. The first kappa shape index (κ1) is 7.79. The topological polar surface area (TPSA) is 38.9 Å². The second-order valence-electron chi connectivity index (χ2n) is 2.28. The number of nitrogens with two attached hydrogens (primary N) is 1. The van der Waals surface area contributed by atoms with Gasteiger partial charge in [0.25, 0.3) is 0 Å². The van der Waals surface area contributed by atoms with E-state index in [0.29, 0.717) is 5.82 Å². The largest absolute Gasteiger partial charge is 0.383 e. The van der Waals surface area contributed by atoms with Crippen LogP contribution in [-0.4, -0.2) is 4.98 Å². The molecular formula is C9H12N2. The lowest BCUT2D eigenvalue weighted by Gasteiger charge is -1.92. The maximum absolute atomic E-state index is 5.65. The molecule has 0 aliphatic heterocycles. The Bertz CT molecular complexity index is 352. The van der Waals surface area contributed by atoms with E-state index >= 15 is 0 Å². The van der Waals surface area contributed by atoms with Crippen LogP contribution < -0.4 is 16.2 Å². The first-order valence-corrected chi connectivity index (χ1v) is 3.62. The van der Waals surface area contributed by atoms with E-state index in [2.05, 4.69) is 4.98 Å². The predicted octanol–water partition coefficient (Wildman–Crippen LogP) is 0.265. The molecule has 0 bridgehead atoms. The van der Waals surface area contributed by atoms with Crippen molar-refractivity contribution < 1.29 is 0 Å². The Morgan fingerprint density at radius 1 is 1.36 bits per heavy atom. The number of rotatable bonds is 0. The number of hydrogen-bond donors (Lipinski definition) is 1. The van der Waals surface area contributed by atoms with Crippen molar-refractivity contribution >= 4 is 18.0 Å². The van der Waals surface area contributed by atoms with Gasteiger partial charge in [0, 0.05) is 11.4 Å². The fraction of sp³-hybridized carbons (Fsp3) is 0.222. The van der Waals surface area contributed by atoms with Crippen LogP contribution in [0.15, 0.2) is 12.3 Å². The van der Waals surface area contributed by atoms with Crippen molar-refractivity contribution in [2.75, 3.05) is 5.73 Å². The fourth-order valence-electron chi connectivity index (χ4n) is 1.07. The molecule has 2 N–H and O–H groups in total. The number of anilines is 1. The summed E-state index contributed by atoms with van der Waals surface area (Å²) in [6.45, 7) is 3.95. The van der Waals surface area contributed by atoms with Gasteiger partial charge in [0.15, 0.2) is 0 Å². The van der Waals surface area contributed by atoms with Crippen LogP contribution in [0.25, 0.3) is 12.2 Å². The van der Waals surface area contributed by atoms with Gasteiger partial charge in [0.1, 0.15) is 5.82 Å². The minimum Gasteiger partial charge on any atom is -0.383 e. The zero-order chi connectivity index (χ0) is 8.27. The van der Waals surface area contributed by atoms with Gasteiger partial charge in [-0.1, -0.05) is 12.2 Å². The van der Waals surface area contributed by atoms with Crippen LogP contribution in [-0.2, 0) is 0 Å². The summed E-state index contributed by atoms with van der Waals surface area (Å²) in [6.07, 6.45) is 5.71. The SMILES string of the molecule is CC=c1ccnc(N)c1=CC. The van der Waals surface area contributed by atoms with Crippen molar-refractivity contribution in [1.29, 1.82) is 0 Å². The minimum absolute atomic E-state index is 0.600. The Kier molecular flexibility index (Phi) is 2.26. The Morgan fingerprint density at radius 3 is 2.55 bits per heavy atom. The average molecular weight is 148 g/mol. The monoisotopic (exact) mass is 148 g/mol. The molecule has 0 saturated carbocycles. The van der Waals surface area contributed by atoms with Crippen molar-refractivity contribution in [3.63, 3.8) is 0 Å². The molecule has 1 rings (SSSR count). The van der Waals surface area contributed by atoms with E-state index in [0.717, 1.165) is 10.4 Å². The predicted molar refractivity (Wildman–Crippen MR) is 48.2 cm³/mol.